The second kappa shape index (κ2) is 8.60. The van der Waals surface area contributed by atoms with Crippen LogP contribution in [0.3, 0.4) is 0 Å². The van der Waals surface area contributed by atoms with Crippen molar-refractivity contribution in [1.29, 1.82) is 0 Å². The van der Waals surface area contributed by atoms with Crippen LogP contribution in [0.2, 0.25) is 0 Å². The molecule has 0 bridgehead atoms. The number of morpholine rings is 1. The molecule has 0 amide bonds. The van der Waals surface area contributed by atoms with Crippen molar-refractivity contribution < 1.29 is 13.2 Å². The van der Waals surface area contributed by atoms with Crippen molar-refractivity contribution >= 4 is 10.2 Å². The van der Waals surface area contributed by atoms with Gasteiger partial charge in [0.2, 0.25) is 0 Å². The van der Waals surface area contributed by atoms with Crippen LogP contribution < -0.4 is 0 Å². The van der Waals surface area contributed by atoms with Crippen molar-refractivity contribution in [1.82, 2.24) is 13.5 Å². The van der Waals surface area contributed by atoms with Gasteiger partial charge in [0.05, 0.1) is 13.2 Å². The van der Waals surface area contributed by atoms with Gasteiger partial charge >= 0.3 is 0 Å². The predicted molar refractivity (Wildman–Crippen MR) is 98.4 cm³/mol. The van der Waals surface area contributed by atoms with Gasteiger partial charge in [0.1, 0.15) is 0 Å². The van der Waals surface area contributed by atoms with Crippen LogP contribution in [0.15, 0.2) is 30.3 Å². The molecule has 140 valence electrons. The van der Waals surface area contributed by atoms with Crippen LogP contribution >= 0.6 is 0 Å². The predicted octanol–water partition coefficient (Wildman–Crippen LogP) is 1.55. The highest BCUT2D eigenvalue weighted by Gasteiger charge is 2.36. The molecule has 0 N–H and O–H groups in total. The van der Waals surface area contributed by atoms with E-state index in [1.807, 2.05) is 30.3 Å². The van der Waals surface area contributed by atoms with Gasteiger partial charge in [-0.1, -0.05) is 36.8 Å². The summed E-state index contributed by atoms with van der Waals surface area (Å²) in [5, 5.41) is 0. The molecule has 2 aliphatic heterocycles. The molecule has 1 aromatic rings. The summed E-state index contributed by atoms with van der Waals surface area (Å²) in [7, 11) is -1.77. The van der Waals surface area contributed by atoms with E-state index in [0.717, 1.165) is 57.7 Å². The smallest absolute Gasteiger partial charge is 0.282 e. The Hall–Kier alpha value is -0.990. The molecular formula is C18H29N3O3S. The lowest BCUT2D eigenvalue weighted by Crippen LogP contribution is -2.54. The number of benzene rings is 1. The Morgan fingerprint density at radius 2 is 1.84 bits per heavy atom. The summed E-state index contributed by atoms with van der Waals surface area (Å²) < 4.78 is 34.9. The van der Waals surface area contributed by atoms with Gasteiger partial charge < -0.3 is 4.74 Å². The molecule has 0 saturated carbocycles. The van der Waals surface area contributed by atoms with Crippen molar-refractivity contribution in [2.45, 2.75) is 31.8 Å². The Morgan fingerprint density at radius 3 is 2.56 bits per heavy atom. The number of nitrogens with zero attached hydrogens (tertiary/aromatic N) is 3. The van der Waals surface area contributed by atoms with Crippen LogP contribution in [0.1, 0.15) is 24.8 Å². The SMILES string of the molecule is CN(Cc1ccccc1)S(=O)(=O)N1CCCCC1CN1CCOCC1. The molecular weight excluding hydrogens is 338 g/mol. The monoisotopic (exact) mass is 367 g/mol. The maximum absolute atomic E-state index is 13.2. The molecule has 1 atom stereocenters. The summed E-state index contributed by atoms with van der Waals surface area (Å²) in [6.07, 6.45) is 2.98. The lowest BCUT2D eigenvalue weighted by Gasteiger charge is -2.40. The Kier molecular flexibility index (Phi) is 6.46. The fourth-order valence-corrected chi connectivity index (χ4v) is 5.22. The minimum absolute atomic E-state index is 0.0649. The average Bonchev–Trinajstić information content (AvgIpc) is 2.64. The number of hydrogen-bond acceptors (Lipinski definition) is 4. The van der Waals surface area contributed by atoms with Crippen LogP contribution in [0.4, 0.5) is 0 Å². The van der Waals surface area contributed by atoms with Gasteiger partial charge in [-0.3, -0.25) is 4.90 Å². The Morgan fingerprint density at radius 1 is 1.12 bits per heavy atom. The van der Waals surface area contributed by atoms with E-state index < -0.39 is 10.2 Å². The molecule has 0 aromatic heterocycles. The third kappa shape index (κ3) is 4.80. The first-order valence-corrected chi connectivity index (χ1v) is 10.5. The number of piperidine rings is 1. The molecule has 2 aliphatic rings. The second-order valence-electron chi connectivity index (χ2n) is 6.92. The van der Waals surface area contributed by atoms with Crippen molar-refractivity contribution in [3.8, 4) is 0 Å². The van der Waals surface area contributed by atoms with E-state index in [4.69, 9.17) is 4.74 Å². The second-order valence-corrected chi connectivity index (χ2v) is 8.91. The molecule has 0 radical (unpaired) electrons. The van der Waals surface area contributed by atoms with E-state index in [2.05, 4.69) is 4.90 Å². The molecule has 2 saturated heterocycles. The maximum atomic E-state index is 13.2. The fourth-order valence-electron chi connectivity index (χ4n) is 3.64. The van der Waals surface area contributed by atoms with Crippen molar-refractivity contribution in [2.24, 2.45) is 0 Å². The average molecular weight is 368 g/mol. The Bertz CT molecular complexity index is 632. The van der Waals surface area contributed by atoms with Crippen molar-refractivity contribution in [3.05, 3.63) is 35.9 Å². The van der Waals surface area contributed by atoms with E-state index in [-0.39, 0.29) is 6.04 Å². The zero-order valence-corrected chi connectivity index (χ0v) is 15.8. The van der Waals surface area contributed by atoms with Gasteiger partial charge in [-0.15, -0.1) is 0 Å². The topological polar surface area (TPSA) is 53.1 Å². The molecule has 1 unspecified atom stereocenters. The molecule has 2 fully saturated rings. The molecule has 0 aliphatic carbocycles. The lowest BCUT2D eigenvalue weighted by molar-refractivity contribution is 0.0258. The standard InChI is InChI=1S/C18H29N3O3S/c1-19(15-17-7-3-2-4-8-17)25(22,23)21-10-6-5-9-18(21)16-20-11-13-24-14-12-20/h2-4,7-8,18H,5-6,9-16H2,1H3. The van der Waals surface area contributed by atoms with Gasteiger partial charge in [-0.05, 0) is 18.4 Å². The van der Waals surface area contributed by atoms with Gasteiger partial charge in [-0.25, -0.2) is 0 Å². The molecule has 25 heavy (non-hydrogen) atoms. The van der Waals surface area contributed by atoms with Gasteiger partial charge in [0.25, 0.3) is 10.2 Å². The van der Waals surface area contributed by atoms with E-state index in [1.165, 1.54) is 4.31 Å². The Balaban J connectivity index is 1.68. The summed E-state index contributed by atoms with van der Waals surface area (Å²) in [5.74, 6) is 0. The third-order valence-corrected chi connectivity index (χ3v) is 7.07. The zero-order valence-electron chi connectivity index (χ0n) is 15.0. The van der Waals surface area contributed by atoms with Gasteiger partial charge in [-0.2, -0.15) is 17.0 Å². The Labute approximate surface area is 151 Å². The van der Waals surface area contributed by atoms with Crippen molar-refractivity contribution in [3.63, 3.8) is 0 Å². The first-order chi connectivity index (χ1) is 12.1. The molecule has 7 heteroatoms. The third-order valence-electron chi connectivity index (χ3n) is 5.08. The van der Waals surface area contributed by atoms with Crippen LogP contribution in [0.5, 0.6) is 0 Å². The van der Waals surface area contributed by atoms with Crippen LogP contribution in [-0.2, 0) is 21.5 Å². The first kappa shape index (κ1) is 18.8. The molecule has 0 spiro atoms. The van der Waals surface area contributed by atoms with Gasteiger partial charge in [0.15, 0.2) is 0 Å². The number of hydrogen-bond donors (Lipinski definition) is 0. The van der Waals surface area contributed by atoms with Gasteiger partial charge in [0, 0.05) is 45.8 Å². The summed E-state index contributed by atoms with van der Waals surface area (Å²) in [6.45, 7) is 5.11. The van der Waals surface area contributed by atoms with E-state index in [0.29, 0.717) is 13.1 Å². The van der Waals surface area contributed by atoms with Crippen LogP contribution in [0.25, 0.3) is 0 Å². The maximum Gasteiger partial charge on any atom is 0.282 e. The minimum Gasteiger partial charge on any atom is -0.379 e. The zero-order chi connectivity index (χ0) is 17.7. The lowest BCUT2D eigenvalue weighted by atomic mass is 10.0. The first-order valence-electron chi connectivity index (χ1n) is 9.14. The van der Waals surface area contributed by atoms with E-state index in [9.17, 15) is 8.42 Å². The quantitative estimate of drug-likeness (QED) is 0.766. The van der Waals surface area contributed by atoms with Crippen molar-refractivity contribution in [2.75, 3.05) is 46.4 Å². The van der Waals surface area contributed by atoms with Crippen LogP contribution in [-0.4, -0.2) is 74.4 Å². The largest absolute Gasteiger partial charge is 0.379 e. The molecule has 2 heterocycles. The normalized spacial score (nSPS) is 23.8. The highest BCUT2D eigenvalue weighted by atomic mass is 32.2. The van der Waals surface area contributed by atoms with E-state index in [1.54, 1.807) is 11.4 Å². The molecule has 6 nitrogen and oxygen atoms in total. The fraction of sp³-hybridized carbons (Fsp3) is 0.667. The summed E-state index contributed by atoms with van der Waals surface area (Å²) >= 11 is 0. The molecule has 3 rings (SSSR count). The van der Waals surface area contributed by atoms with Crippen LogP contribution in [0, 0.1) is 0 Å². The summed E-state index contributed by atoms with van der Waals surface area (Å²) in [5.41, 5.74) is 1.01. The van der Waals surface area contributed by atoms with E-state index >= 15 is 0 Å². The summed E-state index contributed by atoms with van der Waals surface area (Å²) in [4.78, 5) is 2.33. The minimum atomic E-state index is -3.45. The highest BCUT2D eigenvalue weighted by Crippen LogP contribution is 2.24. The number of rotatable bonds is 6. The molecule has 1 aromatic carbocycles. The number of ether oxygens (including phenoxy) is 1. The summed E-state index contributed by atoms with van der Waals surface area (Å²) in [6, 6.07) is 9.83. The highest BCUT2D eigenvalue weighted by molar-refractivity contribution is 7.86.